The third-order valence-electron chi connectivity index (χ3n) is 4.71. The number of hydrogen-bond acceptors (Lipinski definition) is 3. The molecule has 3 heterocycles. The zero-order chi connectivity index (χ0) is 17.6. The first kappa shape index (κ1) is 15.6. The van der Waals surface area contributed by atoms with Gasteiger partial charge in [0.1, 0.15) is 5.52 Å². The van der Waals surface area contributed by atoms with Crippen molar-refractivity contribution >= 4 is 27.9 Å². The van der Waals surface area contributed by atoms with Gasteiger partial charge >= 0.3 is 0 Å². The first-order chi connectivity index (χ1) is 12.1. The second-order valence-electron chi connectivity index (χ2n) is 6.17. The molecule has 4 rings (SSSR count). The van der Waals surface area contributed by atoms with Crippen molar-refractivity contribution in [3.8, 4) is 11.5 Å². The fraction of sp³-hybridized carbons (Fsp3) is 0.250. The molecule has 25 heavy (non-hydrogen) atoms. The number of carbonyl (C=O) groups is 1. The monoisotopic (exact) mass is 332 g/mol. The van der Waals surface area contributed by atoms with Gasteiger partial charge in [-0.2, -0.15) is 0 Å². The number of benzene rings is 1. The molecule has 5 heteroatoms. The van der Waals surface area contributed by atoms with Gasteiger partial charge < -0.3 is 9.13 Å². The first-order valence-electron chi connectivity index (χ1n) is 8.58. The number of ketones is 1. The van der Waals surface area contributed by atoms with Crippen molar-refractivity contribution in [1.82, 2.24) is 19.1 Å². The molecule has 3 aromatic heterocycles. The normalized spacial score (nSPS) is 11.5. The van der Waals surface area contributed by atoms with Gasteiger partial charge in [0.25, 0.3) is 0 Å². The highest BCUT2D eigenvalue weighted by Gasteiger charge is 2.17. The maximum absolute atomic E-state index is 12.0. The summed E-state index contributed by atoms with van der Waals surface area (Å²) in [7, 11) is 1.97. The molecule has 0 aliphatic carbocycles. The Hall–Kier alpha value is -2.95. The molecule has 126 valence electrons. The van der Waals surface area contributed by atoms with E-state index in [4.69, 9.17) is 4.98 Å². The van der Waals surface area contributed by atoms with Gasteiger partial charge in [-0.15, -0.1) is 0 Å². The van der Waals surface area contributed by atoms with Gasteiger partial charge in [0.2, 0.25) is 0 Å². The highest BCUT2D eigenvalue weighted by Crippen LogP contribution is 2.29. The van der Waals surface area contributed by atoms with E-state index in [0.29, 0.717) is 12.0 Å². The Morgan fingerprint density at radius 3 is 2.72 bits per heavy atom. The van der Waals surface area contributed by atoms with E-state index in [0.717, 1.165) is 29.2 Å². The number of aryl methyl sites for hydroxylation is 2. The average Bonchev–Trinajstić information content (AvgIpc) is 3.18. The van der Waals surface area contributed by atoms with Crippen LogP contribution in [0.25, 0.3) is 33.6 Å². The number of Topliss-reactive ketones (excluding diaryl/α,β-unsaturated/α-hetero) is 1. The second-order valence-corrected chi connectivity index (χ2v) is 6.17. The summed E-state index contributed by atoms with van der Waals surface area (Å²) in [5, 5.41) is 1.20. The van der Waals surface area contributed by atoms with Crippen molar-refractivity contribution in [1.29, 1.82) is 0 Å². The van der Waals surface area contributed by atoms with Crippen molar-refractivity contribution in [2.75, 3.05) is 0 Å². The summed E-state index contributed by atoms with van der Waals surface area (Å²) in [5.74, 6) is 0.950. The van der Waals surface area contributed by atoms with E-state index in [2.05, 4.69) is 40.7 Å². The fourth-order valence-corrected chi connectivity index (χ4v) is 3.40. The number of aromatic nitrogens is 4. The summed E-state index contributed by atoms with van der Waals surface area (Å²) >= 11 is 0. The zero-order valence-electron chi connectivity index (χ0n) is 14.7. The van der Waals surface area contributed by atoms with Crippen LogP contribution in [0.3, 0.4) is 0 Å². The van der Waals surface area contributed by atoms with Crippen LogP contribution in [0.1, 0.15) is 30.6 Å². The molecule has 0 atom stereocenters. The molecule has 0 spiro atoms. The van der Waals surface area contributed by atoms with Crippen LogP contribution >= 0.6 is 0 Å². The summed E-state index contributed by atoms with van der Waals surface area (Å²) in [5.41, 5.74) is 4.42. The van der Waals surface area contributed by atoms with Gasteiger partial charge in [-0.25, -0.2) is 9.97 Å². The molecule has 4 aromatic rings. The number of carbonyl (C=O) groups excluding carboxylic acids is 1. The number of hydrogen-bond donors (Lipinski definition) is 0. The fourth-order valence-electron chi connectivity index (χ4n) is 3.40. The number of pyridine rings is 1. The van der Waals surface area contributed by atoms with Gasteiger partial charge in [-0.3, -0.25) is 4.79 Å². The van der Waals surface area contributed by atoms with E-state index in [1.165, 1.54) is 10.9 Å². The number of nitrogens with zero attached hydrogens (tertiary/aromatic N) is 4. The molecule has 0 aliphatic heterocycles. The molecule has 5 nitrogen and oxygen atoms in total. The van der Waals surface area contributed by atoms with Crippen molar-refractivity contribution < 1.29 is 4.79 Å². The number of rotatable bonds is 4. The van der Waals surface area contributed by atoms with Crippen LogP contribution in [0.15, 0.2) is 42.6 Å². The summed E-state index contributed by atoms with van der Waals surface area (Å²) < 4.78 is 4.25. The van der Waals surface area contributed by atoms with E-state index in [-0.39, 0.29) is 5.78 Å². The Kier molecular flexibility index (Phi) is 3.64. The zero-order valence-corrected chi connectivity index (χ0v) is 14.7. The maximum atomic E-state index is 12.0. The minimum absolute atomic E-state index is 0.0873. The number of imidazole rings is 1. The Balaban J connectivity index is 1.95. The van der Waals surface area contributed by atoms with Crippen LogP contribution in [-0.4, -0.2) is 24.9 Å². The van der Waals surface area contributed by atoms with Gasteiger partial charge in [0.15, 0.2) is 17.3 Å². The Labute approximate surface area is 145 Å². The lowest BCUT2D eigenvalue weighted by molar-refractivity contribution is 0.0988. The van der Waals surface area contributed by atoms with E-state index < -0.39 is 0 Å². The molecule has 0 radical (unpaired) electrons. The second kappa shape index (κ2) is 5.84. The SMILES string of the molecule is CCC(=O)c1cnc2c(c1)nc(-c1cc3ccccc3n1CC)n2C. The molecule has 0 saturated carbocycles. The van der Waals surface area contributed by atoms with Crippen molar-refractivity contribution in [3.05, 3.63) is 48.2 Å². The van der Waals surface area contributed by atoms with E-state index in [1.54, 1.807) is 6.20 Å². The van der Waals surface area contributed by atoms with Crippen LogP contribution in [0.4, 0.5) is 0 Å². The van der Waals surface area contributed by atoms with Crippen molar-refractivity contribution in [2.45, 2.75) is 26.8 Å². The summed E-state index contributed by atoms with van der Waals surface area (Å²) in [6.45, 7) is 4.85. The Bertz CT molecular complexity index is 1100. The highest BCUT2D eigenvalue weighted by molar-refractivity contribution is 5.98. The standard InChI is InChI=1S/C20H20N4O/c1-4-18(25)14-10-15-19(21-12-14)23(3)20(22-15)17-11-13-8-6-7-9-16(13)24(17)5-2/h6-12H,4-5H2,1-3H3. The summed E-state index contributed by atoms with van der Waals surface area (Å²) in [6, 6.07) is 12.3. The Morgan fingerprint density at radius 1 is 1.16 bits per heavy atom. The number of fused-ring (bicyclic) bond motifs is 2. The van der Waals surface area contributed by atoms with Gasteiger partial charge in [-0.1, -0.05) is 25.1 Å². The quantitative estimate of drug-likeness (QED) is 0.526. The van der Waals surface area contributed by atoms with Crippen LogP contribution in [0, 0.1) is 0 Å². The molecular weight excluding hydrogens is 312 g/mol. The highest BCUT2D eigenvalue weighted by atomic mass is 16.1. The van der Waals surface area contributed by atoms with E-state index >= 15 is 0 Å². The van der Waals surface area contributed by atoms with Crippen molar-refractivity contribution in [2.24, 2.45) is 7.05 Å². The lowest BCUT2D eigenvalue weighted by Gasteiger charge is -2.07. The van der Waals surface area contributed by atoms with Crippen LogP contribution in [0.2, 0.25) is 0 Å². The van der Waals surface area contributed by atoms with Gasteiger partial charge in [0.05, 0.1) is 5.69 Å². The minimum atomic E-state index is 0.0873. The maximum Gasteiger partial charge on any atom is 0.164 e. The third kappa shape index (κ3) is 2.35. The third-order valence-corrected chi connectivity index (χ3v) is 4.71. The van der Waals surface area contributed by atoms with Crippen LogP contribution in [0.5, 0.6) is 0 Å². The molecular formula is C20H20N4O. The first-order valence-corrected chi connectivity index (χ1v) is 8.58. The lowest BCUT2D eigenvalue weighted by atomic mass is 10.1. The topological polar surface area (TPSA) is 52.7 Å². The number of para-hydroxylation sites is 1. The molecule has 0 fully saturated rings. The molecule has 0 bridgehead atoms. The molecule has 1 aromatic carbocycles. The average molecular weight is 332 g/mol. The van der Waals surface area contributed by atoms with E-state index in [9.17, 15) is 4.79 Å². The van der Waals surface area contributed by atoms with Crippen molar-refractivity contribution in [3.63, 3.8) is 0 Å². The summed E-state index contributed by atoms with van der Waals surface area (Å²) in [4.78, 5) is 21.2. The predicted octanol–water partition coefficient (Wildman–Crippen LogP) is 4.20. The Morgan fingerprint density at radius 2 is 1.96 bits per heavy atom. The predicted molar refractivity (Wildman–Crippen MR) is 99.7 cm³/mol. The summed E-state index contributed by atoms with van der Waals surface area (Å²) in [6.07, 6.45) is 2.12. The van der Waals surface area contributed by atoms with Crippen LogP contribution in [-0.2, 0) is 13.6 Å². The van der Waals surface area contributed by atoms with Gasteiger partial charge in [0, 0.05) is 42.7 Å². The molecule has 0 amide bonds. The minimum Gasteiger partial charge on any atom is -0.338 e. The molecule has 0 N–H and O–H groups in total. The van der Waals surface area contributed by atoms with Gasteiger partial charge in [-0.05, 0) is 25.1 Å². The largest absolute Gasteiger partial charge is 0.338 e. The van der Waals surface area contributed by atoms with E-state index in [1.807, 2.05) is 30.7 Å². The van der Waals surface area contributed by atoms with Crippen LogP contribution < -0.4 is 0 Å². The molecule has 0 aliphatic rings. The molecule has 0 unspecified atom stereocenters. The molecule has 0 saturated heterocycles. The smallest absolute Gasteiger partial charge is 0.164 e. The lowest BCUT2D eigenvalue weighted by Crippen LogP contribution is -2.01.